The van der Waals surface area contributed by atoms with E-state index in [0.717, 1.165) is 11.1 Å². The number of hydrogen-bond acceptors (Lipinski definition) is 0. The van der Waals surface area contributed by atoms with Crippen LogP contribution in [0, 0.1) is 0 Å². The Morgan fingerprint density at radius 1 is 0.933 bits per heavy atom. The monoisotopic (exact) mass is 198 g/mol. The molecule has 78 valence electrons. The van der Waals surface area contributed by atoms with Crippen molar-refractivity contribution in [3.8, 4) is 0 Å². The van der Waals surface area contributed by atoms with Crippen LogP contribution in [0.4, 0.5) is 0 Å². The lowest BCUT2D eigenvalue weighted by atomic mass is 10.2. The van der Waals surface area contributed by atoms with Crippen molar-refractivity contribution < 1.29 is 0 Å². The summed E-state index contributed by atoms with van der Waals surface area (Å²) in [5, 5.41) is 0. The zero-order valence-electron chi connectivity index (χ0n) is 9.32. The first kappa shape index (κ1) is 13.2. The van der Waals surface area contributed by atoms with E-state index in [9.17, 15) is 0 Å². The molecule has 0 fully saturated rings. The van der Waals surface area contributed by atoms with Crippen molar-refractivity contribution in [3.05, 3.63) is 85.6 Å². The third-order valence-corrected chi connectivity index (χ3v) is 1.69. The largest absolute Gasteiger partial charge is 0.0985 e. The van der Waals surface area contributed by atoms with Crippen LogP contribution in [0.2, 0.25) is 0 Å². The smallest absolute Gasteiger partial charge is 0.0263 e. The van der Waals surface area contributed by atoms with Crippen LogP contribution in [0.3, 0.4) is 0 Å². The van der Waals surface area contributed by atoms with Crippen molar-refractivity contribution >= 4 is 0 Å². The Balaban J connectivity index is 4.37. The predicted octanol–water partition coefficient (Wildman–Crippen LogP) is 4.53. The van der Waals surface area contributed by atoms with E-state index in [2.05, 4.69) is 19.7 Å². The molecular weight excluding hydrogens is 180 g/mol. The minimum atomic E-state index is 0.900. The highest BCUT2D eigenvalue weighted by Crippen LogP contribution is 2.00. The summed E-state index contributed by atoms with van der Waals surface area (Å²) in [5.41, 5.74) is 1.97. The zero-order chi connectivity index (χ0) is 11.5. The first-order valence-electron chi connectivity index (χ1n) is 4.86. The Bertz CT molecular complexity index is 333. The van der Waals surface area contributed by atoms with Gasteiger partial charge in [0.1, 0.15) is 0 Å². The van der Waals surface area contributed by atoms with Crippen molar-refractivity contribution in [3.63, 3.8) is 0 Å². The maximum Gasteiger partial charge on any atom is -0.0263 e. The first-order chi connectivity index (χ1) is 7.24. The van der Waals surface area contributed by atoms with Crippen molar-refractivity contribution in [1.82, 2.24) is 0 Å². The normalized spacial score (nSPS) is 12.7. The molecule has 0 saturated heterocycles. The molecule has 0 saturated carbocycles. The van der Waals surface area contributed by atoms with E-state index in [1.165, 1.54) is 0 Å². The van der Waals surface area contributed by atoms with Gasteiger partial charge < -0.3 is 0 Å². The Hall–Kier alpha value is -1.82. The van der Waals surface area contributed by atoms with E-state index in [1.807, 2.05) is 55.5 Å². The summed E-state index contributed by atoms with van der Waals surface area (Å²) in [6.07, 6.45) is 17.3. The maximum atomic E-state index is 3.77. The summed E-state index contributed by atoms with van der Waals surface area (Å²) in [6.45, 7) is 13.1. The van der Waals surface area contributed by atoms with Crippen LogP contribution in [-0.2, 0) is 0 Å². The van der Waals surface area contributed by atoms with Crippen molar-refractivity contribution in [2.24, 2.45) is 0 Å². The van der Waals surface area contributed by atoms with Gasteiger partial charge in [0.2, 0.25) is 0 Å². The molecule has 0 aliphatic carbocycles. The van der Waals surface area contributed by atoms with Crippen LogP contribution < -0.4 is 0 Å². The van der Waals surface area contributed by atoms with E-state index >= 15 is 0 Å². The lowest BCUT2D eigenvalue weighted by Crippen LogP contribution is -1.68. The van der Waals surface area contributed by atoms with Crippen LogP contribution >= 0.6 is 0 Å². The molecule has 0 aliphatic rings. The van der Waals surface area contributed by atoms with Crippen LogP contribution in [0.5, 0.6) is 0 Å². The SMILES string of the molecule is C=CC(=C)\C=C/C=C/C(C=C)=C\C=C/C. The van der Waals surface area contributed by atoms with E-state index in [-0.39, 0.29) is 0 Å². The van der Waals surface area contributed by atoms with Crippen molar-refractivity contribution in [2.75, 3.05) is 0 Å². The molecule has 0 radical (unpaired) electrons. The zero-order valence-corrected chi connectivity index (χ0v) is 9.32. The molecule has 0 nitrogen and oxygen atoms in total. The lowest BCUT2D eigenvalue weighted by Gasteiger charge is -1.88. The van der Waals surface area contributed by atoms with Gasteiger partial charge in [-0.05, 0) is 18.1 Å². The van der Waals surface area contributed by atoms with Gasteiger partial charge >= 0.3 is 0 Å². The van der Waals surface area contributed by atoms with Crippen molar-refractivity contribution in [1.29, 1.82) is 0 Å². The van der Waals surface area contributed by atoms with E-state index in [0.29, 0.717) is 0 Å². The lowest BCUT2D eigenvalue weighted by molar-refractivity contribution is 1.65. The van der Waals surface area contributed by atoms with Crippen LogP contribution in [0.15, 0.2) is 85.6 Å². The molecule has 0 aromatic carbocycles. The minimum Gasteiger partial charge on any atom is -0.0985 e. The number of rotatable bonds is 6. The van der Waals surface area contributed by atoms with Gasteiger partial charge in [-0.1, -0.05) is 74.4 Å². The van der Waals surface area contributed by atoms with E-state index in [4.69, 9.17) is 0 Å². The molecule has 0 bridgehead atoms. The molecule has 0 aliphatic heterocycles. The summed E-state index contributed by atoms with van der Waals surface area (Å²) in [4.78, 5) is 0. The molecule has 0 spiro atoms. The Kier molecular flexibility index (Phi) is 7.70. The minimum absolute atomic E-state index is 0.900. The van der Waals surface area contributed by atoms with Gasteiger partial charge in [0.05, 0.1) is 0 Å². The summed E-state index contributed by atoms with van der Waals surface area (Å²) >= 11 is 0. The molecule has 0 amide bonds. The average Bonchev–Trinajstić information content (AvgIpc) is 2.27. The third kappa shape index (κ3) is 7.27. The molecule has 0 unspecified atom stereocenters. The van der Waals surface area contributed by atoms with Gasteiger partial charge in [-0.3, -0.25) is 0 Å². The van der Waals surface area contributed by atoms with Gasteiger partial charge in [-0.2, -0.15) is 0 Å². The molecule has 0 heteroatoms. The molecule has 0 aromatic heterocycles. The standard InChI is InChI=1S/C15H18/c1-5-8-12-15(7-3)13-10-9-11-14(4)6-2/h5-13H,2-4H2,1H3/b8-5-,11-9-,13-10+,15-12-. The Morgan fingerprint density at radius 3 is 2.13 bits per heavy atom. The second-order valence-electron chi connectivity index (χ2n) is 2.89. The maximum absolute atomic E-state index is 3.77. The van der Waals surface area contributed by atoms with E-state index in [1.54, 1.807) is 6.08 Å². The average molecular weight is 198 g/mol. The van der Waals surface area contributed by atoms with Gasteiger partial charge in [0.25, 0.3) is 0 Å². The summed E-state index contributed by atoms with van der Waals surface area (Å²) in [7, 11) is 0. The fourth-order valence-corrected chi connectivity index (χ4v) is 0.813. The summed E-state index contributed by atoms with van der Waals surface area (Å²) in [5.74, 6) is 0. The Labute approximate surface area is 93.0 Å². The molecule has 0 N–H and O–H groups in total. The molecule has 0 aromatic rings. The third-order valence-electron chi connectivity index (χ3n) is 1.69. The van der Waals surface area contributed by atoms with Crippen LogP contribution in [0.25, 0.3) is 0 Å². The second kappa shape index (κ2) is 8.76. The fraction of sp³-hybridized carbons (Fsp3) is 0.0667. The fourth-order valence-electron chi connectivity index (χ4n) is 0.813. The Morgan fingerprint density at radius 2 is 1.60 bits per heavy atom. The summed E-state index contributed by atoms with van der Waals surface area (Å²) < 4.78 is 0. The molecule has 15 heavy (non-hydrogen) atoms. The highest BCUT2D eigenvalue weighted by atomic mass is 13.9. The topological polar surface area (TPSA) is 0 Å². The molecule has 0 rings (SSSR count). The van der Waals surface area contributed by atoms with Gasteiger partial charge in [0, 0.05) is 0 Å². The highest BCUT2D eigenvalue weighted by Gasteiger charge is 1.79. The van der Waals surface area contributed by atoms with Gasteiger partial charge in [0.15, 0.2) is 0 Å². The van der Waals surface area contributed by atoms with Crippen LogP contribution in [0.1, 0.15) is 6.92 Å². The molecule has 0 atom stereocenters. The first-order valence-corrected chi connectivity index (χ1v) is 4.86. The van der Waals surface area contributed by atoms with Crippen molar-refractivity contribution in [2.45, 2.75) is 6.92 Å². The number of allylic oxidation sites excluding steroid dienone is 11. The highest BCUT2D eigenvalue weighted by molar-refractivity contribution is 5.35. The van der Waals surface area contributed by atoms with Crippen LogP contribution in [-0.4, -0.2) is 0 Å². The number of hydrogen-bond donors (Lipinski definition) is 0. The quantitative estimate of drug-likeness (QED) is 0.550. The summed E-state index contributed by atoms with van der Waals surface area (Å²) in [6, 6.07) is 0. The van der Waals surface area contributed by atoms with Gasteiger partial charge in [-0.15, -0.1) is 0 Å². The van der Waals surface area contributed by atoms with Gasteiger partial charge in [-0.25, -0.2) is 0 Å². The molecular formula is C15H18. The second-order valence-corrected chi connectivity index (χ2v) is 2.89. The van der Waals surface area contributed by atoms with E-state index < -0.39 is 0 Å². The predicted molar refractivity (Wildman–Crippen MR) is 70.7 cm³/mol. The molecule has 0 heterocycles.